The van der Waals surface area contributed by atoms with Gasteiger partial charge in [-0.15, -0.1) is 0 Å². The van der Waals surface area contributed by atoms with Crippen molar-refractivity contribution in [1.29, 1.82) is 0 Å². The molecular formula is C17H24N6O3S. The van der Waals surface area contributed by atoms with E-state index in [0.717, 1.165) is 23.7 Å². The van der Waals surface area contributed by atoms with Crippen LogP contribution in [0.3, 0.4) is 0 Å². The molecule has 3 rings (SSSR count). The first kappa shape index (κ1) is 19.4. The number of nitrogens with one attached hydrogen (secondary N) is 1. The van der Waals surface area contributed by atoms with Crippen molar-refractivity contribution < 1.29 is 14.7 Å². The van der Waals surface area contributed by atoms with Crippen LogP contribution in [0.2, 0.25) is 0 Å². The minimum atomic E-state index is -0.749. The van der Waals surface area contributed by atoms with E-state index in [4.69, 9.17) is 0 Å². The highest BCUT2D eigenvalue weighted by atomic mass is 32.1. The second-order valence-corrected chi connectivity index (χ2v) is 7.57. The van der Waals surface area contributed by atoms with E-state index in [1.165, 1.54) is 0 Å². The Morgan fingerprint density at radius 1 is 1.41 bits per heavy atom. The highest BCUT2D eigenvalue weighted by Crippen LogP contribution is 2.28. The van der Waals surface area contributed by atoms with Crippen LogP contribution < -0.4 is 5.32 Å². The zero-order valence-electron chi connectivity index (χ0n) is 15.6. The van der Waals surface area contributed by atoms with Crippen molar-refractivity contribution in [3.8, 4) is 0 Å². The van der Waals surface area contributed by atoms with Gasteiger partial charge in [-0.1, -0.05) is 0 Å². The van der Waals surface area contributed by atoms with Crippen molar-refractivity contribution in [1.82, 2.24) is 28.7 Å². The molecule has 9 nitrogen and oxygen atoms in total. The molecule has 10 heteroatoms. The van der Waals surface area contributed by atoms with Crippen molar-refractivity contribution >= 4 is 23.5 Å². The molecule has 2 aromatic rings. The molecule has 1 aliphatic rings. The lowest BCUT2D eigenvalue weighted by molar-refractivity contribution is -0.134. The summed E-state index contributed by atoms with van der Waals surface area (Å²) in [5.41, 5.74) is 1.91. The van der Waals surface area contributed by atoms with Gasteiger partial charge in [0.15, 0.2) is 5.69 Å². The van der Waals surface area contributed by atoms with E-state index < -0.39 is 12.1 Å². The van der Waals surface area contributed by atoms with Crippen LogP contribution in [-0.4, -0.2) is 66.1 Å². The zero-order chi connectivity index (χ0) is 19.6. The third kappa shape index (κ3) is 4.51. The molecule has 0 aliphatic heterocycles. The number of likely N-dealkylation sites (N-methyl/N-ethyl adjacent to an activating group) is 1. The van der Waals surface area contributed by atoms with Crippen molar-refractivity contribution in [3.05, 3.63) is 29.3 Å². The first-order chi connectivity index (χ1) is 12.8. The van der Waals surface area contributed by atoms with Gasteiger partial charge in [-0.3, -0.25) is 14.3 Å². The largest absolute Gasteiger partial charge is 0.391 e. The van der Waals surface area contributed by atoms with Gasteiger partial charge in [0.25, 0.3) is 5.91 Å². The molecule has 1 fully saturated rings. The Kier molecular flexibility index (Phi) is 5.85. The highest BCUT2D eigenvalue weighted by Gasteiger charge is 2.39. The van der Waals surface area contributed by atoms with E-state index in [9.17, 15) is 14.7 Å². The monoisotopic (exact) mass is 392 g/mol. The summed E-state index contributed by atoms with van der Waals surface area (Å²) in [7, 11) is 3.62. The number of aryl methyl sites for hydroxylation is 2. The first-order valence-corrected chi connectivity index (χ1v) is 9.58. The summed E-state index contributed by atoms with van der Waals surface area (Å²) in [5, 5.41) is 17.2. The molecule has 1 saturated carbocycles. The molecule has 0 saturated heterocycles. The Morgan fingerprint density at radius 3 is 2.81 bits per heavy atom. The molecule has 0 bridgehead atoms. The fraction of sp³-hybridized carbons (Fsp3) is 0.588. The third-order valence-corrected chi connectivity index (χ3v) is 5.55. The van der Waals surface area contributed by atoms with Crippen LogP contribution in [-0.2, 0) is 18.3 Å². The van der Waals surface area contributed by atoms with Gasteiger partial charge in [-0.2, -0.15) is 13.8 Å². The van der Waals surface area contributed by atoms with Crippen LogP contribution in [0.1, 0.15) is 34.6 Å². The number of aliphatic hydroxyl groups is 1. The van der Waals surface area contributed by atoms with Crippen LogP contribution in [0.25, 0.3) is 0 Å². The molecule has 27 heavy (non-hydrogen) atoms. The summed E-state index contributed by atoms with van der Waals surface area (Å²) >= 11 is 0.978. The van der Waals surface area contributed by atoms with Gasteiger partial charge in [-0.25, -0.2) is 0 Å². The summed E-state index contributed by atoms with van der Waals surface area (Å²) in [6.07, 6.45) is 4.45. The Morgan fingerprint density at radius 2 is 2.19 bits per heavy atom. The number of nitrogens with zero attached hydrogens (tertiary/aromatic N) is 5. The quantitative estimate of drug-likeness (QED) is 0.724. The fourth-order valence-corrected chi connectivity index (χ4v) is 3.91. The lowest BCUT2D eigenvalue weighted by Crippen LogP contribution is -2.40. The van der Waals surface area contributed by atoms with E-state index in [1.54, 1.807) is 29.7 Å². The Hall–Kier alpha value is -2.33. The van der Waals surface area contributed by atoms with Crippen LogP contribution in [0.4, 0.5) is 0 Å². The number of hydrogen-bond acceptors (Lipinski definition) is 7. The number of carbonyl (C=O) groups excluding carboxylic acids is 2. The van der Waals surface area contributed by atoms with E-state index in [2.05, 4.69) is 19.2 Å². The predicted octanol–water partition coefficient (Wildman–Crippen LogP) is 0.150. The van der Waals surface area contributed by atoms with E-state index >= 15 is 0 Å². The minimum Gasteiger partial charge on any atom is -0.391 e. The molecule has 3 atom stereocenters. The maximum absolute atomic E-state index is 12.7. The third-order valence-electron chi connectivity index (χ3n) is 4.93. The maximum Gasteiger partial charge on any atom is 0.273 e. The van der Waals surface area contributed by atoms with Gasteiger partial charge < -0.3 is 15.3 Å². The molecule has 1 aliphatic carbocycles. The lowest BCUT2D eigenvalue weighted by Gasteiger charge is -2.21. The summed E-state index contributed by atoms with van der Waals surface area (Å²) in [6, 6.07) is -0.459. The topological polar surface area (TPSA) is 113 Å². The number of aliphatic hydroxyl groups excluding tert-OH is 1. The molecule has 2 heterocycles. The van der Waals surface area contributed by atoms with Gasteiger partial charge >= 0.3 is 0 Å². The van der Waals surface area contributed by atoms with Gasteiger partial charge in [0.2, 0.25) is 5.91 Å². The van der Waals surface area contributed by atoms with Crippen molar-refractivity contribution in [2.24, 2.45) is 13.0 Å². The standard InChI is InChI=1S/C17H24N6O3S/c1-10-15(21-27-20-10)16(25)19-13-6-12(7-14(13)24)17(26)22(2)5-4-11-8-18-23(3)9-11/h8-9,12-14,24H,4-7H2,1-3H3,(H,19,25)/t12-,13+,14+/m0/s1. The van der Waals surface area contributed by atoms with Crippen LogP contribution in [0.5, 0.6) is 0 Å². The first-order valence-electron chi connectivity index (χ1n) is 8.85. The molecule has 0 spiro atoms. The second kappa shape index (κ2) is 8.13. The highest BCUT2D eigenvalue weighted by molar-refractivity contribution is 6.99. The van der Waals surface area contributed by atoms with Gasteiger partial charge in [-0.05, 0) is 31.7 Å². The summed E-state index contributed by atoms with van der Waals surface area (Å²) < 4.78 is 9.69. The Bertz CT molecular complexity index is 819. The average molecular weight is 392 g/mol. The molecular weight excluding hydrogens is 368 g/mol. The van der Waals surface area contributed by atoms with Crippen molar-refractivity contribution in [3.63, 3.8) is 0 Å². The second-order valence-electron chi connectivity index (χ2n) is 7.05. The summed E-state index contributed by atoms with van der Waals surface area (Å²) in [5.74, 6) is -0.677. The summed E-state index contributed by atoms with van der Waals surface area (Å²) in [6.45, 7) is 2.30. The van der Waals surface area contributed by atoms with Crippen LogP contribution in [0.15, 0.2) is 12.4 Å². The molecule has 0 unspecified atom stereocenters. The maximum atomic E-state index is 12.7. The fourth-order valence-electron chi connectivity index (χ4n) is 3.37. The van der Waals surface area contributed by atoms with Crippen LogP contribution in [0, 0.1) is 12.8 Å². The molecule has 2 aromatic heterocycles. The van der Waals surface area contributed by atoms with E-state index in [0.29, 0.717) is 25.1 Å². The number of carbonyl (C=O) groups is 2. The van der Waals surface area contributed by atoms with Crippen molar-refractivity contribution in [2.45, 2.75) is 38.3 Å². The lowest BCUT2D eigenvalue weighted by atomic mass is 10.1. The number of hydrogen-bond donors (Lipinski definition) is 2. The zero-order valence-corrected chi connectivity index (χ0v) is 16.4. The minimum absolute atomic E-state index is 0.0128. The van der Waals surface area contributed by atoms with Crippen LogP contribution >= 0.6 is 11.7 Å². The molecule has 0 aromatic carbocycles. The predicted molar refractivity (Wildman–Crippen MR) is 99.2 cm³/mol. The Labute approximate surface area is 161 Å². The Balaban J connectivity index is 1.52. The van der Waals surface area contributed by atoms with Gasteiger partial charge in [0.1, 0.15) is 0 Å². The molecule has 0 radical (unpaired) electrons. The average Bonchev–Trinajstić information content (AvgIpc) is 3.33. The smallest absolute Gasteiger partial charge is 0.273 e. The van der Waals surface area contributed by atoms with E-state index in [-0.39, 0.29) is 23.4 Å². The van der Waals surface area contributed by atoms with Gasteiger partial charge in [0, 0.05) is 32.8 Å². The molecule has 2 amide bonds. The number of rotatable bonds is 6. The normalized spacial score (nSPS) is 22.0. The number of amides is 2. The van der Waals surface area contributed by atoms with Crippen molar-refractivity contribution in [2.75, 3.05) is 13.6 Å². The number of aromatic nitrogens is 4. The molecule has 146 valence electrons. The summed E-state index contributed by atoms with van der Waals surface area (Å²) in [4.78, 5) is 26.7. The van der Waals surface area contributed by atoms with E-state index in [1.807, 2.05) is 13.2 Å². The molecule has 2 N–H and O–H groups in total. The SMILES string of the molecule is Cc1nsnc1C(=O)N[C@@H]1C[C@H](C(=O)N(C)CCc2cnn(C)c2)C[C@H]1O. The van der Waals surface area contributed by atoms with Gasteiger partial charge in [0.05, 0.1) is 35.8 Å².